The molecule has 0 saturated heterocycles. The molecule has 142 valence electrons. The van der Waals surface area contributed by atoms with Crippen LogP contribution in [0.15, 0.2) is 59.1 Å². The molecule has 2 rings (SSSR count). The standard InChI is InChI=1S/C19H19BrN2O5/c20-15-8-6-13(7-9-15)10-16(18(24)26-12-17(21)23)22-19(25)27-11-14-4-2-1-3-5-14/h1-9,16H,10-12H2,(H2,21,23)(H,22,25)/t16-/m0/s1. The van der Waals surface area contributed by atoms with Crippen molar-refractivity contribution in [1.82, 2.24) is 5.32 Å². The molecule has 0 fully saturated rings. The second kappa shape index (κ2) is 10.3. The molecule has 0 bridgehead atoms. The van der Waals surface area contributed by atoms with Crippen LogP contribution in [0.1, 0.15) is 11.1 Å². The first kappa shape index (κ1) is 20.4. The zero-order valence-electron chi connectivity index (χ0n) is 14.4. The highest BCUT2D eigenvalue weighted by molar-refractivity contribution is 9.10. The molecular weight excluding hydrogens is 416 g/mol. The van der Waals surface area contributed by atoms with Crippen molar-refractivity contribution in [2.75, 3.05) is 6.61 Å². The first-order chi connectivity index (χ1) is 12.9. The van der Waals surface area contributed by atoms with Crippen LogP contribution in [0.25, 0.3) is 0 Å². The smallest absolute Gasteiger partial charge is 0.408 e. The maximum Gasteiger partial charge on any atom is 0.408 e. The van der Waals surface area contributed by atoms with E-state index in [1.54, 1.807) is 12.1 Å². The monoisotopic (exact) mass is 434 g/mol. The summed E-state index contributed by atoms with van der Waals surface area (Å²) < 4.78 is 10.9. The first-order valence-corrected chi connectivity index (χ1v) is 8.90. The number of nitrogens with one attached hydrogen (secondary N) is 1. The molecule has 0 aliphatic carbocycles. The van der Waals surface area contributed by atoms with Gasteiger partial charge in [0.1, 0.15) is 12.6 Å². The number of hydrogen-bond donors (Lipinski definition) is 2. The summed E-state index contributed by atoms with van der Waals surface area (Å²) in [7, 11) is 0. The van der Waals surface area contributed by atoms with Gasteiger partial charge < -0.3 is 20.5 Å². The Morgan fingerprint density at radius 2 is 1.63 bits per heavy atom. The SMILES string of the molecule is NC(=O)COC(=O)[C@H](Cc1ccc(Br)cc1)NC(=O)OCc1ccccc1. The summed E-state index contributed by atoms with van der Waals surface area (Å²) in [6.45, 7) is -0.496. The van der Waals surface area contributed by atoms with E-state index < -0.39 is 30.6 Å². The molecule has 7 nitrogen and oxygen atoms in total. The van der Waals surface area contributed by atoms with Crippen molar-refractivity contribution in [3.63, 3.8) is 0 Å². The van der Waals surface area contributed by atoms with E-state index in [1.165, 1.54) is 0 Å². The van der Waals surface area contributed by atoms with E-state index in [2.05, 4.69) is 21.2 Å². The minimum atomic E-state index is -1.02. The largest absolute Gasteiger partial charge is 0.454 e. The molecule has 27 heavy (non-hydrogen) atoms. The van der Waals surface area contributed by atoms with Crippen molar-refractivity contribution in [2.45, 2.75) is 19.1 Å². The summed E-state index contributed by atoms with van der Waals surface area (Å²) in [6, 6.07) is 15.3. The van der Waals surface area contributed by atoms with E-state index in [-0.39, 0.29) is 13.0 Å². The van der Waals surface area contributed by atoms with Crippen molar-refractivity contribution in [3.05, 3.63) is 70.2 Å². The number of halogens is 1. The molecule has 0 unspecified atom stereocenters. The van der Waals surface area contributed by atoms with E-state index in [9.17, 15) is 14.4 Å². The fraction of sp³-hybridized carbons (Fsp3) is 0.211. The Labute approximate surface area is 165 Å². The van der Waals surface area contributed by atoms with Gasteiger partial charge in [0.15, 0.2) is 6.61 Å². The molecule has 8 heteroatoms. The maximum absolute atomic E-state index is 12.2. The van der Waals surface area contributed by atoms with Crippen molar-refractivity contribution in [3.8, 4) is 0 Å². The van der Waals surface area contributed by atoms with Crippen LogP contribution in [0.2, 0.25) is 0 Å². The number of amides is 2. The molecule has 0 aliphatic rings. The van der Waals surface area contributed by atoms with Gasteiger partial charge in [-0.2, -0.15) is 0 Å². The second-order valence-corrected chi connectivity index (χ2v) is 6.58. The van der Waals surface area contributed by atoms with Crippen LogP contribution in [-0.4, -0.2) is 30.6 Å². The third-order valence-electron chi connectivity index (χ3n) is 3.50. The van der Waals surface area contributed by atoms with Crippen molar-refractivity contribution in [1.29, 1.82) is 0 Å². The van der Waals surface area contributed by atoms with Gasteiger partial charge in [-0.3, -0.25) is 4.79 Å². The third kappa shape index (κ3) is 7.49. The molecule has 3 N–H and O–H groups in total. The molecule has 2 aromatic carbocycles. The topological polar surface area (TPSA) is 108 Å². The lowest BCUT2D eigenvalue weighted by Crippen LogP contribution is -2.44. The number of rotatable bonds is 8. The van der Waals surface area contributed by atoms with Gasteiger partial charge in [-0.25, -0.2) is 9.59 Å². The summed E-state index contributed by atoms with van der Waals surface area (Å²) in [5.41, 5.74) is 6.60. The molecule has 0 radical (unpaired) electrons. The van der Waals surface area contributed by atoms with E-state index in [0.29, 0.717) is 0 Å². The van der Waals surface area contributed by atoms with E-state index in [0.717, 1.165) is 15.6 Å². The highest BCUT2D eigenvalue weighted by Crippen LogP contribution is 2.12. The summed E-state index contributed by atoms with van der Waals surface area (Å²) in [6.07, 6.45) is -0.595. The van der Waals surface area contributed by atoms with E-state index in [1.807, 2.05) is 42.5 Å². The molecule has 0 heterocycles. The predicted molar refractivity (Wildman–Crippen MR) is 102 cm³/mol. The van der Waals surface area contributed by atoms with Crippen LogP contribution in [0.5, 0.6) is 0 Å². The first-order valence-electron chi connectivity index (χ1n) is 8.10. The number of alkyl carbamates (subject to hydrolysis) is 1. The van der Waals surface area contributed by atoms with Crippen LogP contribution < -0.4 is 11.1 Å². The lowest BCUT2D eigenvalue weighted by molar-refractivity contribution is -0.149. The minimum absolute atomic E-state index is 0.0635. The average molecular weight is 435 g/mol. The molecule has 2 aromatic rings. The van der Waals surface area contributed by atoms with E-state index >= 15 is 0 Å². The molecule has 0 spiro atoms. The van der Waals surface area contributed by atoms with Gasteiger partial charge >= 0.3 is 12.1 Å². The number of nitrogens with two attached hydrogens (primary N) is 1. The highest BCUT2D eigenvalue weighted by Gasteiger charge is 2.24. The quantitative estimate of drug-likeness (QED) is 0.619. The van der Waals surface area contributed by atoms with Gasteiger partial charge in [0, 0.05) is 10.9 Å². The lowest BCUT2D eigenvalue weighted by Gasteiger charge is -2.17. The summed E-state index contributed by atoms with van der Waals surface area (Å²) in [5, 5.41) is 2.47. The predicted octanol–water partition coefficient (Wildman–Crippen LogP) is 2.32. The van der Waals surface area contributed by atoms with Gasteiger partial charge in [-0.15, -0.1) is 0 Å². The zero-order valence-corrected chi connectivity index (χ0v) is 16.0. The Morgan fingerprint density at radius 1 is 0.963 bits per heavy atom. The summed E-state index contributed by atoms with van der Waals surface area (Å²) in [5.74, 6) is -1.55. The zero-order chi connectivity index (χ0) is 19.6. The summed E-state index contributed by atoms with van der Waals surface area (Å²) in [4.78, 5) is 35.1. The maximum atomic E-state index is 12.2. The minimum Gasteiger partial charge on any atom is -0.454 e. The van der Waals surface area contributed by atoms with Crippen molar-refractivity contribution < 1.29 is 23.9 Å². The van der Waals surface area contributed by atoms with Gasteiger partial charge in [0.25, 0.3) is 5.91 Å². The molecule has 1 atom stereocenters. The van der Waals surface area contributed by atoms with Crippen molar-refractivity contribution >= 4 is 33.9 Å². The number of carbonyl (C=O) groups is 3. The Hall–Kier alpha value is -2.87. The van der Waals surface area contributed by atoms with Crippen LogP contribution in [0, 0.1) is 0 Å². The van der Waals surface area contributed by atoms with Crippen LogP contribution in [0.4, 0.5) is 4.79 Å². The van der Waals surface area contributed by atoms with Gasteiger partial charge in [-0.05, 0) is 23.3 Å². The molecular formula is C19H19BrN2O5. The summed E-state index contributed by atoms with van der Waals surface area (Å²) >= 11 is 3.33. The molecule has 0 aromatic heterocycles. The van der Waals surface area contributed by atoms with E-state index in [4.69, 9.17) is 15.2 Å². The number of benzene rings is 2. The van der Waals surface area contributed by atoms with Gasteiger partial charge in [-0.1, -0.05) is 58.4 Å². The van der Waals surface area contributed by atoms with Crippen LogP contribution in [0.3, 0.4) is 0 Å². The van der Waals surface area contributed by atoms with Gasteiger partial charge in [0.2, 0.25) is 0 Å². The molecule has 0 aliphatic heterocycles. The number of ether oxygens (including phenoxy) is 2. The van der Waals surface area contributed by atoms with Crippen molar-refractivity contribution in [2.24, 2.45) is 5.73 Å². The Balaban J connectivity index is 1.99. The number of esters is 1. The molecule has 0 saturated carbocycles. The van der Waals surface area contributed by atoms with Gasteiger partial charge in [0.05, 0.1) is 0 Å². The Bertz CT molecular complexity index is 780. The number of carbonyl (C=O) groups excluding carboxylic acids is 3. The fourth-order valence-electron chi connectivity index (χ4n) is 2.20. The Kier molecular flexibility index (Phi) is 7.81. The molecule has 2 amide bonds. The fourth-order valence-corrected chi connectivity index (χ4v) is 2.46. The Morgan fingerprint density at radius 3 is 2.26 bits per heavy atom. The normalized spacial score (nSPS) is 11.3. The lowest BCUT2D eigenvalue weighted by atomic mass is 10.1. The highest BCUT2D eigenvalue weighted by atomic mass is 79.9. The van der Waals surface area contributed by atoms with Crippen LogP contribution in [-0.2, 0) is 32.1 Å². The third-order valence-corrected chi connectivity index (χ3v) is 4.03. The second-order valence-electron chi connectivity index (χ2n) is 5.66. The number of primary amides is 1. The van der Waals surface area contributed by atoms with Crippen LogP contribution >= 0.6 is 15.9 Å². The number of hydrogen-bond acceptors (Lipinski definition) is 5. The average Bonchev–Trinajstić information content (AvgIpc) is 2.66.